The molecule has 0 aliphatic carbocycles. The third kappa shape index (κ3) is 6.47. The van der Waals surface area contributed by atoms with Gasteiger partial charge >= 0.3 is 11.9 Å². The summed E-state index contributed by atoms with van der Waals surface area (Å²) in [6.07, 6.45) is -2.61. The summed E-state index contributed by atoms with van der Waals surface area (Å²) >= 11 is 0. The summed E-state index contributed by atoms with van der Waals surface area (Å²) in [5.41, 5.74) is 1.56. The SMILES string of the molecule is COC(=O)[C@H](OCc1ccc(OC)cc1)[C@@H](OCc1ccc(OC)cc1)C(=O)OC. The Balaban J connectivity index is 2.12. The number of ether oxygens (including phenoxy) is 6. The highest BCUT2D eigenvalue weighted by atomic mass is 16.6. The summed E-state index contributed by atoms with van der Waals surface area (Å²) < 4.78 is 31.3. The van der Waals surface area contributed by atoms with E-state index in [2.05, 4.69) is 0 Å². The standard InChI is InChI=1S/C22H26O8/c1-25-17-9-5-15(6-10-17)13-29-19(21(23)27-3)20(22(24)28-4)30-14-16-7-11-18(26-2)12-8-16/h5-12,19-20H,13-14H2,1-4H3/t19-,20-/m1/s1. The van der Waals surface area contributed by atoms with Crippen molar-refractivity contribution in [2.24, 2.45) is 0 Å². The monoisotopic (exact) mass is 418 g/mol. The largest absolute Gasteiger partial charge is 0.497 e. The first-order valence-corrected chi connectivity index (χ1v) is 9.17. The van der Waals surface area contributed by atoms with E-state index in [4.69, 9.17) is 28.4 Å². The van der Waals surface area contributed by atoms with E-state index in [0.29, 0.717) is 11.5 Å². The first-order valence-electron chi connectivity index (χ1n) is 9.17. The van der Waals surface area contributed by atoms with Gasteiger partial charge in [0.15, 0.2) is 12.2 Å². The molecule has 162 valence electrons. The van der Waals surface area contributed by atoms with Gasteiger partial charge in [0.25, 0.3) is 0 Å². The van der Waals surface area contributed by atoms with Crippen molar-refractivity contribution in [3.63, 3.8) is 0 Å². The molecule has 0 heterocycles. The number of methoxy groups -OCH3 is 4. The van der Waals surface area contributed by atoms with Crippen molar-refractivity contribution in [3.8, 4) is 11.5 Å². The fourth-order valence-electron chi connectivity index (χ4n) is 2.61. The van der Waals surface area contributed by atoms with Crippen LogP contribution in [0.3, 0.4) is 0 Å². The fraction of sp³-hybridized carbons (Fsp3) is 0.364. The summed E-state index contributed by atoms with van der Waals surface area (Å²) in [5, 5.41) is 0. The number of carbonyl (C=O) groups excluding carboxylic acids is 2. The Bertz CT molecular complexity index is 731. The van der Waals surface area contributed by atoms with Crippen molar-refractivity contribution >= 4 is 11.9 Å². The number of benzene rings is 2. The third-order valence-corrected chi connectivity index (χ3v) is 4.32. The fourth-order valence-corrected chi connectivity index (χ4v) is 2.61. The summed E-state index contributed by atoms with van der Waals surface area (Å²) in [6, 6.07) is 14.2. The maximum atomic E-state index is 12.3. The van der Waals surface area contributed by atoms with Crippen LogP contribution in [0.5, 0.6) is 11.5 Å². The van der Waals surface area contributed by atoms with Crippen molar-refractivity contribution in [2.45, 2.75) is 25.4 Å². The van der Waals surface area contributed by atoms with E-state index < -0.39 is 24.1 Å². The van der Waals surface area contributed by atoms with Crippen LogP contribution in [-0.4, -0.2) is 52.6 Å². The molecular formula is C22H26O8. The van der Waals surface area contributed by atoms with Crippen LogP contribution in [0, 0.1) is 0 Å². The molecule has 2 atom stereocenters. The van der Waals surface area contributed by atoms with E-state index in [1.807, 2.05) is 0 Å². The van der Waals surface area contributed by atoms with E-state index >= 15 is 0 Å². The zero-order chi connectivity index (χ0) is 21.9. The quantitative estimate of drug-likeness (QED) is 0.515. The number of hydrogen-bond donors (Lipinski definition) is 0. The average Bonchev–Trinajstić information content (AvgIpc) is 2.80. The van der Waals surface area contributed by atoms with Gasteiger partial charge in [0.05, 0.1) is 41.7 Å². The molecule has 0 saturated carbocycles. The summed E-state index contributed by atoms with van der Waals surface area (Å²) in [4.78, 5) is 24.6. The Morgan fingerprint density at radius 2 is 0.967 bits per heavy atom. The van der Waals surface area contributed by atoms with E-state index in [1.54, 1.807) is 62.8 Å². The van der Waals surface area contributed by atoms with Crippen LogP contribution < -0.4 is 9.47 Å². The minimum Gasteiger partial charge on any atom is -0.497 e. The molecule has 8 nitrogen and oxygen atoms in total. The number of rotatable bonds is 11. The molecule has 0 amide bonds. The van der Waals surface area contributed by atoms with E-state index in [-0.39, 0.29) is 13.2 Å². The zero-order valence-corrected chi connectivity index (χ0v) is 17.5. The van der Waals surface area contributed by atoms with Gasteiger partial charge in [-0.1, -0.05) is 24.3 Å². The molecule has 0 aliphatic heterocycles. The molecule has 0 bridgehead atoms. The van der Waals surface area contributed by atoms with Gasteiger partial charge in [-0.15, -0.1) is 0 Å². The normalized spacial score (nSPS) is 12.5. The molecule has 8 heteroatoms. The van der Waals surface area contributed by atoms with E-state index in [1.165, 1.54) is 14.2 Å². The van der Waals surface area contributed by atoms with Gasteiger partial charge in [-0.05, 0) is 35.4 Å². The van der Waals surface area contributed by atoms with Crippen LogP contribution in [0.15, 0.2) is 48.5 Å². The highest BCUT2D eigenvalue weighted by Crippen LogP contribution is 2.18. The van der Waals surface area contributed by atoms with E-state index in [0.717, 1.165) is 11.1 Å². The lowest BCUT2D eigenvalue weighted by atomic mass is 10.1. The Morgan fingerprint density at radius 3 is 1.23 bits per heavy atom. The molecule has 0 unspecified atom stereocenters. The Morgan fingerprint density at radius 1 is 0.633 bits per heavy atom. The van der Waals surface area contributed by atoms with Crippen LogP contribution >= 0.6 is 0 Å². The molecule has 0 saturated heterocycles. The first-order chi connectivity index (χ1) is 14.5. The molecule has 2 aromatic carbocycles. The summed E-state index contributed by atoms with van der Waals surface area (Å²) in [7, 11) is 5.56. The summed E-state index contributed by atoms with van der Waals surface area (Å²) in [6.45, 7) is 0.117. The minimum atomic E-state index is -1.30. The maximum absolute atomic E-state index is 12.3. The molecule has 0 N–H and O–H groups in total. The van der Waals surface area contributed by atoms with Crippen LogP contribution in [0.2, 0.25) is 0 Å². The number of carbonyl (C=O) groups is 2. The van der Waals surface area contributed by atoms with Gasteiger partial charge in [0.2, 0.25) is 0 Å². The predicted molar refractivity (Wildman–Crippen MR) is 107 cm³/mol. The molecule has 0 aliphatic rings. The van der Waals surface area contributed by atoms with Crippen molar-refractivity contribution in [2.75, 3.05) is 28.4 Å². The second kappa shape index (κ2) is 11.8. The second-order valence-corrected chi connectivity index (χ2v) is 6.21. The highest BCUT2D eigenvalue weighted by Gasteiger charge is 2.37. The Hall–Kier alpha value is -3.10. The van der Waals surface area contributed by atoms with Gasteiger partial charge in [-0.25, -0.2) is 9.59 Å². The molecule has 0 radical (unpaired) electrons. The molecule has 0 spiro atoms. The van der Waals surface area contributed by atoms with Crippen molar-refractivity contribution < 1.29 is 38.0 Å². The van der Waals surface area contributed by atoms with Crippen molar-refractivity contribution in [1.29, 1.82) is 0 Å². The second-order valence-electron chi connectivity index (χ2n) is 6.21. The molecule has 0 fully saturated rings. The smallest absolute Gasteiger partial charge is 0.338 e. The maximum Gasteiger partial charge on any atom is 0.338 e. The zero-order valence-electron chi connectivity index (χ0n) is 17.5. The topological polar surface area (TPSA) is 89.5 Å². The summed E-state index contributed by atoms with van der Waals surface area (Å²) in [5.74, 6) is -0.0978. The van der Waals surface area contributed by atoms with Gasteiger partial charge in [-0.2, -0.15) is 0 Å². The molecule has 2 rings (SSSR count). The van der Waals surface area contributed by atoms with Crippen molar-refractivity contribution in [1.82, 2.24) is 0 Å². The Kier molecular flexibility index (Phi) is 9.11. The molecule has 0 aromatic heterocycles. The van der Waals surface area contributed by atoms with Gasteiger partial charge in [0.1, 0.15) is 11.5 Å². The lowest BCUT2D eigenvalue weighted by Gasteiger charge is -2.24. The minimum absolute atomic E-state index is 0.0587. The number of esters is 2. The lowest BCUT2D eigenvalue weighted by Crippen LogP contribution is -2.44. The van der Waals surface area contributed by atoms with Gasteiger partial charge in [-0.3, -0.25) is 0 Å². The predicted octanol–water partition coefficient (Wildman–Crippen LogP) is 2.52. The Labute approximate surface area is 175 Å². The van der Waals surface area contributed by atoms with Crippen LogP contribution in [0.1, 0.15) is 11.1 Å². The molecule has 2 aromatic rings. The first kappa shape index (κ1) is 23.2. The lowest BCUT2D eigenvalue weighted by molar-refractivity contribution is -0.182. The number of hydrogen-bond acceptors (Lipinski definition) is 8. The third-order valence-electron chi connectivity index (χ3n) is 4.32. The molecular weight excluding hydrogens is 392 g/mol. The van der Waals surface area contributed by atoms with Crippen LogP contribution in [-0.2, 0) is 41.8 Å². The van der Waals surface area contributed by atoms with Gasteiger partial charge in [0, 0.05) is 0 Å². The van der Waals surface area contributed by atoms with Crippen molar-refractivity contribution in [3.05, 3.63) is 59.7 Å². The van der Waals surface area contributed by atoms with Crippen LogP contribution in [0.4, 0.5) is 0 Å². The van der Waals surface area contributed by atoms with Gasteiger partial charge < -0.3 is 28.4 Å². The van der Waals surface area contributed by atoms with E-state index in [9.17, 15) is 9.59 Å². The average molecular weight is 418 g/mol. The van der Waals surface area contributed by atoms with Crippen LogP contribution in [0.25, 0.3) is 0 Å². The highest BCUT2D eigenvalue weighted by molar-refractivity contribution is 5.85. The molecule has 30 heavy (non-hydrogen) atoms.